The molecule has 0 saturated heterocycles. The van der Waals surface area contributed by atoms with Crippen LogP contribution < -0.4 is 15.4 Å². The summed E-state index contributed by atoms with van der Waals surface area (Å²) in [5.74, 6) is 0.930. The normalized spacial score (nSPS) is 10.2. The Hall–Kier alpha value is -2.16. The largest absolute Gasteiger partial charge is 0.494 e. The van der Waals surface area contributed by atoms with Gasteiger partial charge in [0.05, 0.1) is 6.61 Å². The standard InChI is InChI=1S/C17H22N2O/c1-2-19(16-9-6-8-15(18)14-16)12-7-13-20-17-10-4-3-5-11-17/h3-6,8-11,14H,2,7,12-13,18H2,1H3. The summed E-state index contributed by atoms with van der Waals surface area (Å²) >= 11 is 0. The van der Waals surface area contributed by atoms with Crippen molar-refractivity contribution >= 4 is 11.4 Å². The van der Waals surface area contributed by atoms with Gasteiger partial charge in [-0.3, -0.25) is 0 Å². The van der Waals surface area contributed by atoms with Gasteiger partial charge in [0.25, 0.3) is 0 Å². The number of rotatable bonds is 7. The lowest BCUT2D eigenvalue weighted by Gasteiger charge is -2.23. The lowest BCUT2D eigenvalue weighted by Crippen LogP contribution is -2.25. The second-order valence-corrected chi connectivity index (χ2v) is 4.69. The Kier molecular flexibility index (Phi) is 5.30. The number of para-hydroxylation sites is 1. The first-order valence-electron chi connectivity index (χ1n) is 7.08. The highest BCUT2D eigenvalue weighted by Gasteiger charge is 2.04. The maximum absolute atomic E-state index is 5.83. The van der Waals surface area contributed by atoms with Crippen molar-refractivity contribution in [2.75, 3.05) is 30.3 Å². The van der Waals surface area contributed by atoms with Crippen LogP contribution in [0.5, 0.6) is 5.75 Å². The zero-order chi connectivity index (χ0) is 14.2. The van der Waals surface area contributed by atoms with Gasteiger partial charge in [0.1, 0.15) is 5.75 Å². The second-order valence-electron chi connectivity index (χ2n) is 4.69. The molecule has 0 unspecified atom stereocenters. The third-order valence-electron chi connectivity index (χ3n) is 3.20. The molecule has 0 radical (unpaired) electrons. The number of anilines is 2. The lowest BCUT2D eigenvalue weighted by molar-refractivity contribution is 0.312. The average molecular weight is 270 g/mol. The van der Waals surface area contributed by atoms with Crippen LogP contribution in [-0.2, 0) is 0 Å². The van der Waals surface area contributed by atoms with E-state index in [1.165, 1.54) is 5.69 Å². The van der Waals surface area contributed by atoms with Gasteiger partial charge in [0.15, 0.2) is 0 Å². The topological polar surface area (TPSA) is 38.5 Å². The summed E-state index contributed by atoms with van der Waals surface area (Å²) in [6.07, 6.45) is 0.984. The van der Waals surface area contributed by atoms with Crippen molar-refractivity contribution in [3.63, 3.8) is 0 Å². The molecular weight excluding hydrogens is 248 g/mol. The van der Waals surface area contributed by atoms with E-state index in [1.807, 2.05) is 48.5 Å². The second kappa shape index (κ2) is 7.43. The summed E-state index contributed by atoms with van der Waals surface area (Å²) in [7, 11) is 0. The SMILES string of the molecule is CCN(CCCOc1ccccc1)c1cccc(N)c1. The first-order chi connectivity index (χ1) is 9.79. The van der Waals surface area contributed by atoms with E-state index in [2.05, 4.69) is 17.9 Å². The van der Waals surface area contributed by atoms with Gasteiger partial charge >= 0.3 is 0 Å². The molecule has 3 nitrogen and oxygen atoms in total. The Bertz CT molecular complexity index is 513. The smallest absolute Gasteiger partial charge is 0.119 e. The molecule has 2 rings (SSSR count). The van der Waals surface area contributed by atoms with Crippen LogP contribution in [0, 0.1) is 0 Å². The summed E-state index contributed by atoms with van der Waals surface area (Å²) < 4.78 is 5.71. The molecule has 2 aromatic rings. The number of benzene rings is 2. The number of nitrogen functional groups attached to an aromatic ring is 1. The molecule has 0 aromatic heterocycles. The molecule has 0 saturated carbocycles. The quantitative estimate of drug-likeness (QED) is 0.617. The monoisotopic (exact) mass is 270 g/mol. The predicted molar refractivity (Wildman–Crippen MR) is 85.3 cm³/mol. The van der Waals surface area contributed by atoms with Crippen molar-refractivity contribution < 1.29 is 4.74 Å². The Morgan fingerprint density at radius 1 is 1.05 bits per heavy atom. The van der Waals surface area contributed by atoms with Crippen LogP contribution in [0.3, 0.4) is 0 Å². The van der Waals surface area contributed by atoms with E-state index >= 15 is 0 Å². The molecule has 2 N–H and O–H groups in total. The molecule has 0 fully saturated rings. The van der Waals surface area contributed by atoms with Crippen molar-refractivity contribution in [3.05, 3.63) is 54.6 Å². The molecule has 0 amide bonds. The van der Waals surface area contributed by atoms with Gasteiger partial charge in [0.2, 0.25) is 0 Å². The summed E-state index contributed by atoms with van der Waals surface area (Å²) in [6.45, 7) is 4.81. The highest BCUT2D eigenvalue weighted by Crippen LogP contribution is 2.17. The molecule has 20 heavy (non-hydrogen) atoms. The Balaban J connectivity index is 1.80. The zero-order valence-corrected chi connectivity index (χ0v) is 12.0. The van der Waals surface area contributed by atoms with Gasteiger partial charge in [-0.15, -0.1) is 0 Å². The molecule has 0 heterocycles. The predicted octanol–water partition coefficient (Wildman–Crippen LogP) is 3.56. The van der Waals surface area contributed by atoms with E-state index in [1.54, 1.807) is 0 Å². The maximum atomic E-state index is 5.83. The first-order valence-corrected chi connectivity index (χ1v) is 7.08. The van der Waals surface area contributed by atoms with Crippen molar-refractivity contribution in [1.29, 1.82) is 0 Å². The summed E-state index contributed by atoms with van der Waals surface area (Å²) in [4.78, 5) is 2.31. The number of nitrogens with two attached hydrogens (primary N) is 1. The minimum absolute atomic E-state index is 0.725. The lowest BCUT2D eigenvalue weighted by atomic mass is 10.2. The number of nitrogens with zero attached hydrogens (tertiary/aromatic N) is 1. The Labute approximate surface area is 121 Å². The molecule has 3 heteroatoms. The molecule has 0 spiro atoms. The molecular formula is C17H22N2O. The van der Waals surface area contributed by atoms with E-state index in [4.69, 9.17) is 10.5 Å². The number of ether oxygens (including phenoxy) is 1. The minimum atomic E-state index is 0.725. The van der Waals surface area contributed by atoms with E-state index < -0.39 is 0 Å². The fourth-order valence-electron chi connectivity index (χ4n) is 2.15. The highest BCUT2D eigenvalue weighted by molar-refractivity contribution is 5.55. The number of hydrogen-bond acceptors (Lipinski definition) is 3. The van der Waals surface area contributed by atoms with Gasteiger partial charge in [-0.05, 0) is 43.7 Å². The van der Waals surface area contributed by atoms with Gasteiger partial charge in [-0.1, -0.05) is 24.3 Å². The first kappa shape index (κ1) is 14.3. The van der Waals surface area contributed by atoms with Crippen molar-refractivity contribution in [2.45, 2.75) is 13.3 Å². The maximum Gasteiger partial charge on any atom is 0.119 e. The summed E-state index contributed by atoms with van der Waals surface area (Å²) in [6, 6.07) is 17.9. The van der Waals surface area contributed by atoms with E-state index in [0.717, 1.165) is 37.6 Å². The van der Waals surface area contributed by atoms with Crippen LogP contribution in [0.15, 0.2) is 54.6 Å². The summed E-state index contributed by atoms with van der Waals surface area (Å²) in [5, 5.41) is 0. The third kappa shape index (κ3) is 4.19. The van der Waals surface area contributed by atoms with E-state index in [0.29, 0.717) is 0 Å². The molecule has 0 aliphatic rings. The van der Waals surface area contributed by atoms with Crippen molar-refractivity contribution in [3.8, 4) is 5.75 Å². The molecule has 0 bridgehead atoms. The van der Waals surface area contributed by atoms with Crippen molar-refractivity contribution in [1.82, 2.24) is 0 Å². The fraction of sp³-hybridized carbons (Fsp3) is 0.294. The number of hydrogen-bond donors (Lipinski definition) is 1. The van der Waals surface area contributed by atoms with Gasteiger partial charge in [0, 0.05) is 24.5 Å². The van der Waals surface area contributed by atoms with E-state index in [9.17, 15) is 0 Å². The van der Waals surface area contributed by atoms with Crippen molar-refractivity contribution in [2.24, 2.45) is 0 Å². The third-order valence-corrected chi connectivity index (χ3v) is 3.20. The molecule has 0 aliphatic carbocycles. The molecule has 0 aliphatic heterocycles. The summed E-state index contributed by atoms with van der Waals surface area (Å²) in [5.41, 5.74) is 7.81. The molecule has 106 valence electrons. The minimum Gasteiger partial charge on any atom is -0.494 e. The highest BCUT2D eigenvalue weighted by atomic mass is 16.5. The van der Waals surface area contributed by atoms with Crippen LogP contribution in [0.4, 0.5) is 11.4 Å². The Morgan fingerprint density at radius 3 is 2.55 bits per heavy atom. The molecule has 0 atom stereocenters. The van der Waals surface area contributed by atoms with Crippen LogP contribution in [0.2, 0.25) is 0 Å². The molecule has 2 aromatic carbocycles. The zero-order valence-electron chi connectivity index (χ0n) is 12.0. The Morgan fingerprint density at radius 2 is 1.85 bits per heavy atom. The van der Waals surface area contributed by atoms with Gasteiger partial charge < -0.3 is 15.4 Å². The average Bonchev–Trinajstić information content (AvgIpc) is 2.48. The van der Waals surface area contributed by atoms with Crippen LogP contribution >= 0.6 is 0 Å². The van der Waals surface area contributed by atoms with E-state index in [-0.39, 0.29) is 0 Å². The fourth-order valence-corrected chi connectivity index (χ4v) is 2.15. The van der Waals surface area contributed by atoms with Crippen LogP contribution in [-0.4, -0.2) is 19.7 Å². The van der Waals surface area contributed by atoms with Gasteiger partial charge in [-0.25, -0.2) is 0 Å². The van der Waals surface area contributed by atoms with Gasteiger partial charge in [-0.2, -0.15) is 0 Å². The van der Waals surface area contributed by atoms with Crippen LogP contribution in [0.1, 0.15) is 13.3 Å². The van der Waals surface area contributed by atoms with Crippen LogP contribution in [0.25, 0.3) is 0 Å².